The Balaban J connectivity index is 2.36. The molecule has 1 spiro atoms. The van der Waals surface area contributed by atoms with Crippen molar-refractivity contribution in [2.24, 2.45) is 0 Å². The zero-order valence-corrected chi connectivity index (χ0v) is 9.41. The summed E-state index contributed by atoms with van der Waals surface area (Å²) in [5.74, 6) is -0.0463. The molecule has 2 aliphatic rings. The van der Waals surface area contributed by atoms with E-state index >= 15 is 0 Å². The van der Waals surface area contributed by atoms with Crippen molar-refractivity contribution in [2.45, 2.75) is 31.8 Å². The minimum Gasteiger partial charge on any atom is -0.314 e. The molecule has 15 heavy (non-hydrogen) atoms. The number of urea groups is 1. The van der Waals surface area contributed by atoms with E-state index in [1.54, 1.807) is 11.9 Å². The van der Waals surface area contributed by atoms with Gasteiger partial charge in [-0.15, -0.1) is 0 Å². The van der Waals surface area contributed by atoms with Crippen LogP contribution in [0.5, 0.6) is 0 Å². The molecule has 2 rings (SSSR count). The lowest BCUT2D eigenvalue weighted by Gasteiger charge is -2.26. The summed E-state index contributed by atoms with van der Waals surface area (Å²) in [6, 6.07) is -0.230. The molecule has 2 saturated heterocycles. The van der Waals surface area contributed by atoms with Gasteiger partial charge in [0.2, 0.25) is 0 Å². The largest absolute Gasteiger partial charge is 0.327 e. The van der Waals surface area contributed by atoms with Crippen molar-refractivity contribution in [3.05, 3.63) is 0 Å². The fraction of sp³-hybridized carbons (Fsp3) is 0.800. The molecule has 1 unspecified atom stereocenters. The number of hydrogen-bond donors (Lipinski definition) is 1. The predicted molar refractivity (Wildman–Crippen MR) is 55.4 cm³/mol. The predicted octanol–water partition coefficient (Wildman–Crippen LogP) is 0.0209. The quantitative estimate of drug-likeness (QED) is 0.622. The molecular weight excluding hydrogens is 194 g/mol. The number of nitrogens with one attached hydrogen (secondary N) is 1. The summed E-state index contributed by atoms with van der Waals surface area (Å²) < 4.78 is 0. The number of rotatable bonds is 1. The molecule has 5 nitrogen and oxygen atoms in total. The average molecular weight is 211 g/mol. The van der Waals surface area contributed by atoms with Gasteiger partial charge in [-0.3, -0.25) is 9.69 Å². The molecule has 0 aromatic rings. The molecule has 0 aromatic carbocycles. The van der Waals surface area contributed by atoms with Crippen LogP contribution in [-0.4, -0.2) is 53.5 Å². The van der Waals surface area contributed by atoms with Crippen molar-refractivity contribution < 1.29 is 9.59 Å². The number of likely N-dealkylation sites (N-methyl/N-ethyl adjacent to an activating group) is 1. The first-order valence-corrected chi connectivity index (χ1v) is 5.33. The minimum absolute atomic E-state index is 0.0463. The van der Waals surface area contributed by atoms with Gasteiger partial charge in [0.15, 0.2) is 0 Å². The topological polar surface area (TPSA) is 52.7 Å². The van der Waals surface area contributed by atoms with Crippen LogP contribution >= 0.6 is 0 Å². The molecule has 0 aliphatic carbocycles. The van der Waals surface area contributed by atoms with E-state index in [0.29, 0.717) is 6.54 Å². The molecule has 2 heterocycles. The number of hydrogen-bond acceptors (Lipinski definition) is 3. The lowest BCUT2D eigenvalue weighted by Crippen LogP contribution is -2.49. The highest BCUT2D eigenvalue weighted by Gasteiger charge is 2.57. The monoisotopic (exact) mass is 211 g/mol. The maximum atomic E-state index is 12.2. The van der Waals surface area contributed by atoms with Gasteiger partial charge in [0.1, 0.15) is 5.54 Å². The van der Waals surface area contributed by atoms with Crippen LogP contribution in [0.2, 0.25) is 0 Å². The first-order valence-electron chi connectivity index (χ1n) is 5.33. The van der Waals surface area contributed by atoms with Gasteiger partial charge in [-0.2, -0.15) is 0 Å². The lowest BCUT2D eigenvalue weighted by atomic mass is 9.97. The normalized spacial score (nSPS) is 31.5. The Kier molecular flexibility index (Phi) is 2.22. The zero-order chi connectivity index (χ0) is 11.2. The fourth-order valence-electron chi connectivity index (χ4n) is 2.40. The van der Waals surface area contributed by atoms with Crippen molar-refractivity contribution in [2.75, 3.05) is 20.1 Å². The zero-order valence-electron chi connectivity index (χ0n) is 9.41. The Morgan fingerprint density at radius 2 is 2.07 bits per heavy atom. The van der Waals surface area contributed by atoms with Gasteiger partial charge in [-0.25, -0.2) is 4.79 Å². The summed E-state index contributed by atoms with van der Waals surface area (Å²) in [4.78, 5) is 27.1. The first-order chi connectivity index (χ1) is 7.00. The highest BCUT2D eigenvalue weighted by atomic mass is 16.2. The number of amides is 3. The van der Waals surface area contributed by atoms with Crippen LogP contribution in [0.4, 0.5) is 4.79 Å². The second-order valence-corrected chi connectivity index (χ2v) is 4.57. The lowest BCUT2D eigenvalue weighted by molar-refractivity contribution is -0.133. The SMILES string of the molecule is CC(C)N1C(=O)N(C)C2(CCNC2)C1=O. The van der Waals surface area contributed by atoms with E-state index < -0.39 is 5.54 Å². The van der Waals surface area contributed by atoms with Gasteiger partial charge in [-0.1, -0.05) is 0 Å². The van der Waals surface area contributed by atoms with Crippen molar-refractivity contribution in [3.8, 4) is 0 Å². The summed E-state index contributed by atoms with van der Waals surface area (Å²) in [5.41, 5.74) is -0.610. The van der Waals surface area contributed by atoms with Crippen molar-refractivity contribution >= 4 is 11.9 Å². The smallest absolute Gasteiger partial charge is 0.314 e. The van der Waals surface area contributed by atoms with Crippen LogP contribution in [-0.2, 0) is 4.79 Å². The maximum absolute atomic E-state index is 12.2. The Bertz CT molecular complexity index is 308. The highest BCUT2D eigenvalue weighted by Crippen LogP contribution is 2.32. The van der Waals surface area contributed by atoms with Crippen LogP contribution in [0.1, 0.15) is 20.3 Å². The summed E-state index contributed by atoms with van der Waals surface area (Å²) in [5, 5.41) is 3.15. The molecule has 0 aromatic heterocycles. The number of imide groups is 1. The third-order valence-corrected chi connectivity index (χ3v) is 3.40. The van der Waals surface area contributed by atoms with E-state index in [-0.39, 0.29) is 18.0 Å². The molecular formula is C10H17N3O2. The van der Waals surface area contributed by atoms with Crippen LogP contribution in [0.25, 0.3) is 0 Å². The third kappa shape index (κ3) is 1.19. The van der Waals surface area contributed by atoms with Crippen LogP contribution in [0.15, 0.2) is 0 Å². The van der Waals surface area contributed by atoms with E-state index in [0.717, 1.165) is 13.0 Å². The Morgan fingerprint density at radius 3 is 2.47 bits per heavy atom. The average Bonchev–Trinajstić information content (AvgIpc) is 2.70. The molecule has 3 amide bonds. The fourth-order valence-corrected chi connectivity index (χ4v) is 2.40. The standard InChI is InChI=1S/C10H17N3O2/c1-7(2)13-8(14)10(4-5-11-6-10)12(3)9(13)15/h7,11H,4-6H2,1-3H3. The van der Waals surface area contributed by atoms with E-state index in [4.69, 9.17) is 0 Å². The molecule has 1 N–H and O–H groups in total. The van der Waals surface area contributed by atoms with Gasteiger partial charge in [0, 0.05) is 19.6 Å². The summed E-state index contributed by atoms with van der Waals surface area (Å²) >= 11 is 0. The van der Waals surface area contributed by atoms with Crippen molar-refractivity contribution in [1.82, 2.24) is 15.1 Å². The second kappa shape index (κ2) is 3.20. The number of carbonyl (C=O) groups excluding carboxylic acids is 2. The van der Waals surface area contributed by atoms with Gasteiger partial charge in [-0.05, 0) is 26.8 Å². The Morgan fingerprint density at radius 1 is 1.40 bits per heavy atom. The number of nitrogens with zero attached hydrogens (tertiary/aromatic N) is 2. The Hall–Kier alpha value is -1.10. The molecule has 0 saturated carbocycles. The Labute approximate surface area is 89.4 Å². The molecule has 1 atom stereocenters. The van der Waals surface area contributed by atoms with E-state index in [2.05, 4.69) is 5.32 Å². The van der Waals surface area contributed by atoms with Gasteiger partial charge >= 0.3 is 6.03 Å². The summed E-state index contributed by atoms with van der Waals surface area (Å²) in [6.07, 6.45) is 0.720. The van der Waals surface area contributed by atoms with E-state index in [1.807, 2.05) is 13.8 Å². The first kappa shape index (κ1) is 10.4. The van der Waals surface area contributed by atoms with Gasteiger partial charge in [0.05, 0.1) is 0 Å². The van der Waals surface area contributed by atoms with Crippen molar-refractivity contribution in [3.63, 3.8) is 0 Å². The van der Waals surface area contributed by atoms with Crippen LogP contribution in [0.3, 0.4) is 0 Å². The summed E-state index contributed by atoms with van der Waals surface area (Å²) in [6.45, 7) is 5.11. The van der Waals surface area contributed by atoms with Gasteiger partial charge in [0.25, 0.3) is 5.91 Å². The molecule has 0 radical (unpaired) electrons. The van der Waals surface area contributed by atoms with E-state index in [9.17, 15) is 9.59 Å². The summed E-state index contributed by atoms with van der Waals surface area (Å²) in [7, 11) is 1.72. The molecule has 84 valence electrons. The van der Waals surface area contributed by atoms with Gasteiger partial charge < -0.3 is 10.2 Å². The molecule has 5 heteroatoms. The second-order valence-electron chi connectivity index (χ2n) is 4.57. The molecule has 2 aliphatic heterocycles. The molecule has 2 fully saturated rings. The third-order valence-electron chi connectivity index (χ3n) is 3.40. The van der Waals surface area contributed by atoms with E-state index in [1.165, 1.54) is 4.90 Å². The molecule has 0 bridgehead atoms. The van der Waals surface area contributed by atoms with Crippen LogP contribution in [0, 0.1) is 0 Å². The highest BCUT2D eigenvalue weighted by molar-refractivity contribution is 6.07. The minimum atomic E-state index is -0.610. The maximum Gasteiger partial charge on any atom is 0.327 e. The van der Waals surface area contributed by atoms with Crippen LogP contribution < -0.4 is 5.32 Å². The number of carbonyl (C=O) groups is 2. The van der Waals surface area contributed by atoms with Crippen molar-refractivity contribution in [1.29, 1.82) is 0 Å².